The number of ketones is 1. The smallest absolute Gasteiger partial charge is 0.174 e. The van der Waals surface area contributed by atoms with E-state index in [1.165, 1.54) is 0 Å². The number of hydrogen-bond donors (Lipinski definition) is 2. The molecular weight excluding hydrogens is 306 g/mol. The van der Waals surface area contributed by atoms with Gasteiger partial charge in [0.15, 0.2) is 23.4 Å². The van der Waals surface area contributed by atoms with Gasteiger partial charge >= 0.3 is 0 Å². The molecule has 0 radical (unpaired) electrons. The van der Waals surface area contributed by atoms with E-state index in [0.717, 1.165) is 24.2 Å². The van der Waals surface area contributed by atoms with Gasteiger partial charge in [0.2, 0.25) is 0 Å². The molecule has 4 aliphatic rings. The van der Waals surface area contributed by atoms with Crippen molar-refractivity contribution in [2.75, 3.05) is 13.1 Å². The predicted molar refractivity (Wildman–Crippen MR) is 87.3 cm³/mol. The first-order valence-electron chi connectivity index (χ1n) is 8.65. The lowest BCUT2D eigenvalue weighted by atomic mass is 9.49. The molecule has 2 aliphatic heterocycles. The van der Waals surface area contributed by atoms with Crippen molar-refractivity contribution in [1.82, 2.24) is 4.90 Å². The van der Waals surface area contributed by atoms with E-state index >= 15 is 0 Å². The van der Waals surface area contributed by atoms with Gasteiger partial charge in [-0.25, -0.2) is 0 Å². The highest BCUT2D eigenvalue weighted by molar-refractivity contribution is 5.90. The monoisotopic (exact) mass is 327 g/mol. The second-order valence-electron chi connectivity index (χ2n) is 7.56. The van der Waals surface area contributed by atoms with Crippen LogP contribution in [0.5, 0.6) is 11.5 Å². The fourth-order valence-corrected chi connectivity index (χ4v) is 5.80. The Hall–Kier alpha value is -1.85. The first-order valence-corrected chi connectivity index (χ1v) is 8.65. The first-order chi connectivity index (χ1) is 11.5. The van der Waals surface area contributed by atoms with Crippen molar-refractivity contribution >= 4 is 5.78 Å². The van der Waals surface area contributed by atoms with Crippen LogP contribution in [0.2, 0.25) is 0 Å². The molecule has 5 rings (SSSR count). The van der Waals surface area contributed by atoms with Gasteiger partial charge in [-0.15, -0.1) is 6.58 Å². The van der Waals surface area contributed by atoms with E-state index in [2.05, 4.69) is 11.5 Å². The standard InChI is InChI=1S/C19H21NO4/c1-2-8-20-9-7-18-15-11-3-4-12(21)16(15)24-17(18)13(22)5-6-19(18,23)14(20)10-11/h2-4,14,17,21,23H,1,5-10H2/t14-,17-,18+,19?/m1/s1. The van der Waals surface area contributed by atoms with Crippen LogP contribution in [0.4, 0.5) is 0 Å². The van der Waals surface area contributed by atoms with Crippen LogP contribution >= 0.6 is 0 Å². The molecule has 1 saturated carbocycles. The van der Waals surface area contributed by atoms with Gasteiger partial charge in [-0.2, -0.15) is 0 Å². The minimum absolute atomic E-state index is 0.0408. The van der Waals surface area contributed by atoms with Crippen LogP contribution in [0.25, 0.3) is 0 Å². The molecule has 24 heavy (non-hydrogen) atoms. The molecule has 1 aromatic carbocycles. The second-order valence-corrected chi connectivity index (χ2v) is 7.56. The zero-order valence-electron chi connectivity index (χ0n) is 13.5. The molecule has 2 aliphatic carbocycles. The number of hydrogen-bond acceptors (Lipinski definition) is 5. The van der Waals surface area contributed by atoms with E-state index in [-0.39, 0.29) is 17.6 Å². The number of aromatic hydroxyl groups is 1. The Kier molecular flexibility index (Phi) is 2.66. The Balaban J connectivity index is 1.80. The van der Waals surface area contributed by atoms with E-state index in [1.54, 1.807) is 6.07 Å². The van der Waals surface area contributed by atoms with Crippen LogP contribution in [0, 0.1) is 0 Å². The number of likely N-dealkylation sites (tertiary alicyclic amines) is 1. The number of nitrogens with zero attached hydrogens (tertiary/aromatic N) is 1. The van der Waals surface area contributed by atoms with Crippen LogP contribution in [-0.4, -0.2) is 51.7 Å². The SMILES string of the molecule is C=CCN1CC[C@]23c4c5ccc(O)c4O[C@@H]2C(=O)CCC3(O)[C@H]1C5. The van der Waals surface area contributed by atoms with Gasteiger partial charge in [-0.05, 0) is 30.9 Å². The maximum Gasteiger partial charge on any atom is 0.174 e. The van der Waals surface area contributed by atoms with Gasteiger partial charge in [0, 0.05) is 31.1 Å². The maximum atomic E-state index is 12.6. The van der Waals surface area contributed by atoms with Crippen molar-refractivity contribution in [1.29, 1.82) is 0 Å². The van der Waals surface area contributed by atoms with Gasteiger partial charge in [0.25, 0.3) is 0 Å². The summed E-state index contributed by atoms with van der Waals surface area (Å²) in [6.45, 7) is 5.36. The Morgan fingerprint density at radius 2 is 2.25 bits per heavy atom. The fourth-order valence-electron chi connectivity index (χ4n) is 5.80. The van der Waals surface area contributed by atoms with Crippen molar-refractivity contribution in [2.24, 2.45) is 0 Å². The molecule has 2 heterocycles. The van der Waals surface area contributed by atoms with Gasteiger partial charge in [0.05, 0.1) is 11.0 Å². The third-order valence-electron chi connectivity index (χ3n) is 6.73. The average molecular weight is 327 g/mol. The molecule has 0 amide bonds. The summed E-state index contributed by atoms with van der Waals surface area (Å²) >= 11 is 0. The van der Waals surface area contributed by atoms with E-state index in [9.17, 15) is 15.0 Å². The number of carbonyl (C=O) groups is 1. The van der Waals surface area contributed by atoms with E-state index in [4.69, 9.17) is 4.74 Å². The molecular formula is C19H21NO4. The van der Waals surface area contributed by atoms with E-state index in [1.807, 2.05) is 12.1 Å². The zero-order chi connectivity index (χ0) is 16.7. The van der Waals surface area contributed by atoms with E-state index < -0.39 is 17.1 Å². The highest BCUT2D eigenvalue weighted by Gasteiger charge is 2.72. The quantitative estimate of drug-likeness (QED) is 0.802. The lowest BCUT2D eigenvalue weighted by Crippen LogP contribution is -2.76. The molecule has 5 nitrogen and oxygen atoms in total. The lowest BCUT2D eigenvalue weighted by molar-refractivity contribution is -0.187. The summed E-state index contributed by atoms with van der Waals surface area (Å²) in [5.74, 6) is 0.528. The molecule has 126 valence electrons. The largest absolute Gasteiger partial charge is 0.504 e. The van der Waals surface area contributed by atoms with Crippen molar-refractivity contribution < 1.29 is 19.7 Å². The Bertz CT molecular complexity index is 775. The molecule has 1 aromatic rings. The van der Waals surface area contributed by atoms with Crippen LogP contribution in [0.3, 0.4) is 0 Å². The predicted octanol–water partition coefficient (Wildman–Crippen LogP) is 1.30. The van der Waals surface area contributed by atoms with Crippen LogP contribution in [-0.2, 0) is 16.6 Å². The normalized spacial score (nSPS) is 39.3. The topological polar surface area (TPSA) is 70.0 Å². The number of phenolic OH excluding ortho intramolecular Hbond substituents is 1. The summed E-state index contributed by atoms with van der Waals surface area (Å²) in [5, 5.41) is 22.1. The third kappa shape index (κ3) is 1.38. The number of ether oxygens (including phenoxy) is 1. The third-order valence-corrected chi connectivity index (χ3v) is 6.73. The number of rotatable bonds is 2. The summed E-state index contributed by atoms with van der Waals surface area (Å²) < 4.78 is 5.98. The first kappa shape index (κ1) is 14.5. The Morgan fingerprint density at radius 3 is 3.04 bits per heavy atom. The summed E-state index contributed by atoms with van der Waals surface area (Å²) in [5.41, 5.74) is 0.256. The fraction of sp³-hybridized carbons (Fsp3) is 0.526. The molecule has 5 heteroatoms. The van der Waals surface area contributed by atoms with Gasteiger partial charge in [-0.1, -0.05) is 12.1 Å². The molecule has 2 N–H and O–H groups in total. The molecule has 1 unspecified atom stereocenters. The number of piperidine rings is 1. The molecule has 4 atom stereocenters. The molecule has 2 fully saturated rings. The molecule has 1 spiro atoms. The highest BCUT2D eigenvalue weighted by atomic mass is 16.5. The van der Waals surface area contributed by atoms with Crippen LogP contribution in [0.15, 0.2) is 24.8 Å². The molecule has 1 saturated heterocycles. The van der Waals surface area contributed by atoms with Crippen LogP contribution in [0.1, 0.15) is 30.4 Å². The maximum absolute atomic E-state index is 12.6. The summed E-state index contributed by atoms with van der Waals surface area (Å²) in [4.78, 5) is 14.9. The number of Topliss-reactive ketones (excluding diaryl/α,β-unsaturated/α-hetero) is 1. The lowest BCUT2D eigenvalue weighted by Gasteiger charge is -2.62. The van der Waals surface area contributed by atoms with Crippen molar-refractivity contribution in [3.8, 4) is 11.5 Å². The number of phenols is 1. The number of carbonyl (C=O) groups excluding carboxylic acids is 1. The Morgan fingerprint density at radius 1 is 1.42 bits per heavy atom. The van der Waals surface area contributed by atoms with Crippen molar-refractivity contribution in [3.63, 3.8) is 0 Å². The average Bonchev–Trinajstić information content (AvgIpc) is 2.91. The molecule has 2 bridgehead atoms. The van der Waals surface area contributed by atoms with Gasteiger partial charge < -0.3 is 14.9 Å². The summed E-state index contributed by atoms with van der Waals surface area (Å²) in [7, 11) is 0. The van der Waals surface area contributed by atoms with Crippen LogP contribution < -0.4 is 4.74 Å². The number of benzene rings is 1. The minimum atomic E-state index is -1.00. The Labute approximate surface area is 140 Å². The highest BCUT2D eigenvalue weighted by Crippen LogP contribution is 2.64. The number of aliphatic hydroxyl groups is 1. The molecule has 0 aromatic heterocycles. The zero-order valence-corrected chi connectivity index (χ0v) is 13.5. The van der Waals surface area contributed by atoms with E-state index in [0.29, 0.717) is 31.4 Å². The van der Waals surface area contributed by atoms with Gasteiger partial charge in [-0.3, -0.25) is 9.69 Å². The second kappa shape index (κ2) is 4.41. The minimum Gasteiger partial charge on any atom is -0.504 e. The van der Waals surface area contributed by atoms with Crippen molar-refractivity contribution in [3.05, 3.63) is 35.9 Å². The van der Waals surface area contributed by atoms with Crippen molar-refractivity contribution in [2.45, 2.75) is 48.8 Å². The van der Waals surface area contributed by atoms with Gasteiger partial charge in [0.1, 0.15) is 0 Å². The summed E-state index contributed by atoms with van der Waals surface area (Å²) in [6, 6.07) is 3.52. The summed E-state index contributed by atoms with van der Waals surface area (Å²) in [6.07, 6.45) is 3.35.